The van der Waals surface area contributed by atoms with Gasteiger partial charge in [-0.3, -0.25) is 0 Å². The summed E-state index contributed by atoms with van der Waals surface area (Å²) in [6, 6.07) is 79.3. The van der Waals surface area contributed by atoms with Gasteiger partial charge in [0.1, 0.15) is 11.2 Å². The molecule has 0 amide bonds. The van der Waals surface area contributed by atoms with Gasteiger partial charge < -0.3 is 19.1 Å². The van der Waals surface area contributed by atoms with Gasteiger partial charge in [-0.05, 0) is 170 Å². The van der Waals surface area contributed by atoms with Gasteiger partial charge in [0.15, 0.2) is 0 Å². The molecule has 3 heterocycles. The topological polar surface area (TPSA) is 22.9 Å². The summed E-state index contributed by atoms with van der Waals surface area (Å²) in [5, 5.41) is 2.26. The Bertz CT molecular complexity index is 4110. The fraction of sp³-hybridized carbons (Fsp3) is 0.189. The molecular formula is C74H68BN3O. The summed E-state index contributed by atoms with van der Waals surface area (Å²) >= 11 is 0. The minimum Gasteiger partial charge on any atom is -0.455 e. The Kier molecular flexibility index (Phi) is 11.7. The molecule has 0 spiro atoms. The van der Waals surface area contributed by atoms with E-state index in [0.717, 1.165) is 50.1 Å². The summed E-state index contributed by atoms with van der Waals surface area (Å²) in [7, 11) is 0. The lowest BCUT2D eigenvalue weighted by molar-refractivity contribution is 0.590. The smallest absolute Gasteiger partial charge is 0.252 e. The molecule has 1 aromatic heterocycles. The number of rotatable bonds is 7. The van der Waals surface area contributed by atoms with Gasteiger partial charge in [-0.15, -0.1) is 0 Å². The third kappa shape index (κ3) is 8.45. The molecule has 0 fully saturated rings. The van der Waals surface area contributed by atoms with Crippen LogP contribution < -0.4 is 31.1 Å². The fourth-order valence-electron chi connectivity index (χ4n) is 12.6. The molecule has 2 aliphatic rings. The maximum atomic E-state index is 6.70. The Hall–Kier alpha value is -8.54. The van der Waals surface area contributed by atoms with E-state index in [0.29, 0.717) is 0 Å². The number of para-hydroxylation sites is 4. The molecule has 4 nitrogen and oxygen atoms in total. The number of benzene rings is 10. The molecule has 79 heavy (non-hydrogen) atoms. The predicted octanol–water partition coefficient (Wildman–Crippen LogP) is 19.0. The zero-order valence-corrected chi connectivity index (χ0v) is 47.5. The van der Waals surface area contributed by atoms with Crippen LogP contribution in [0.3, 0.4) is 0 Å². The molecule has 0 saturated carbocycles. The highest BCUT2D eigenvalue weighted by Crippen LogP contribution is 2.52. The van der Waals surface area contributed by atoms with Crippen molar-refractivity contribution in [1.29, 1.82) is 0 Å². The van der Waals surface area contributed by atoms with Gasteiger partial charge in [-0.2, -0.15) is 0 Å². The van der Waals surface area contributed by atoms with Gasteiger partial charge >= 0.3 is 0 Å². The summed E-state index contributed by atoms with van der Waals surface area (Å²) in [5.41, 5.74) is 26.7. The number of hydrogen-bond donors (Lipinski definition) is 0. The first kappa shape index (κ1) is 50.0. The number of nitrogens with zero attached hydrogens (tertiary/aromatic N) is 3. The highest BCUT2D eigenvalue weighted by Gasteiger charge is 2.46. The van der Waals surface area contributed by atoms with Gasteiger partial charge in [0, 0.05) is 61.7 Å². The van der Waals surface area contributed by atoms with Crippen LogP contribution in [-0.2, 0) is 16.2 Å². The molecule has 0 saturated heterocycles. The van der Waals surface area contributed by atoms with Crippen LogP contribution in [0.25, 0.3) is 44.2 Å². The van der Waals surface area contributed by atoms with Crippen LogP contribution in [0.5, 0.6) is 0 Å². The Labute approximate surface area is 467 Å². The highest BCUT2D eigenvalue weighted by molar-refractivity contribution is 7.00. The first-order chi connectivity index (χ1) is 37.9. The number of fused-ring (bicyclic) bond motifs is 7. The Morgan fingerprint density at radius 2 is 0.937 bits per heavy atom. The average Bonchev–Trinajstić information content (AvgIpc) is 4.01. The van der Waals surface area contributed by atoms with Crippen molar-refractivity contribution in [1.82, 2.24) is 0 Å². The molecule has 11 aromatic rings. The second-order valence-corrected chi connectivity index (χ2v) is 25.1. The molecule has 0 radical (unpaired) electrons. The van der Waals surface area contributed by atoms with Crippen LogP contribution in [0.15, 0.2) is 217 Å². The van der Waals surface area contributed by atoms with Gasteiger partial charge in [-0.25, -0.2) is 0 Å². The van der Waals surface area contributed by atoms with Crippen molar-refractivity contribution in [3.05, 3.63) is 240 Å². The fourth-order valence-corrected chi connectivity index (χ4v) is 12.6. The predicted molar refractivity (Wildman–Crippen MR) is 339 cm³/mol. The quantitative estimate of drug-likeness (QED) is 0.148. The number of hydrogen-bond acceptors (Lipinski definition) is 4. The van der Waals surface area contributed by atoms with Crippen molar-refractivity contribution < 1.29 is 4.42 Å². The van der Waals surface area contributed by atoms with Crippen LogP contribution in [0, 0.1) is 13.8 Å². The normalized spacial score (nSPS) is 13.2. The Balaban J connectivity index is 1.13. The molecule has 0 bridgehead atoms. The maximum Gasteiger partial charge on any atom is 0.252 e. The summed E-state index contributed by atoms with van der Waals surface area (Å²) in [5.74, 6) is 0. The van der Waals surface area contributed by atoms with Crippen molar-refractivity contribution in [3.63, 3.8) is 0 Å². The molecule has 0 N–H and O–H groups in total. The van der Waals surface area contributed by atoms with Crippen LogP contribution in [-0.4, -0.2) is 6.71 Å². The van der Waals surface area contributed by atoms with E-state index in [4.69, 9.17) is 4.42 Å². The zero-order valence-electron chi connectivity index (χ0n) is 47.5. The molecule has 388 valence electrons. The number of anilines is 9. The van der Waals surface area contributed by atoms with E-state index in [2.05, 4.69) is 303 Å². The lowest BCUT2D eigenvalue weighted by atomic mass is 9.33. The lowest BCUT2D eigenvalue weighted by Gasteiger charge is -2.46. The lowest BCUT2D eigenvalue weighted by Crippen LogP contribution is -2.61. The second kappa shape index (κ2) is 18.6. The van der Waals surface area contributed by atoms with Crippen LogP contribution in [0.1, 0.15) is 90.1 Å². The van der Waals surface area contributed by atoms with Crippen molar-refractivity contribution in [2.24, 2.45) is 0 Å². The summed E-state index contributed by atoms with van der Waals surface area (Å²) in [6.07, 6.45) is 0. The van der Waals surface area contributed by atoms with Crippen LogP contribution in [0.2, 0.25) is 0 Å². The molecular weight excluding hydrogens is 958 g/mol. The molecule has 10 aromatic carbocycles. The molecule has 0 aliphatic carbocycles. The third-order valence-electron chi connectivity index (χ3n) is 16.7. The van der Waals surface area contributed by atoms with E-state index < -0.39 is 0 Å². The first-order valence-corrected chi connectivity index (χ1v) is 28.1. The number of aryl methyl sites for hydroxylation is 2. The first-order valence-electron chi connectivity index (χ1n) is 28.1. The minimum atomic E-state index is -0.203. The number of furan rings is 1. The standard InChI is InChI=1S/C74H68BN3O/c1-47-40-50(57-31-23-32-59-58-30-21-22-33-68(58)79-71(57)59)41-48(2)70(47)78-65-46-56(76(54-26-17-13-18-27-54)55-28-19-14-20-29-55)36-37-61(65)75-62-43-52(73(6,7)8)35-39-64(62)77(66-44-53(74(9,10)11)45-67(78)69(66)75)63-38-34-51(72(3,4)5)42-60(63)49-24-15-12-16-25-49/h12-46H,1-11H3. The summed E-state index contributed by atoms with van der Waals surface area (Å²) in [4.78, 5) is 7.68. The molecule has 5 heteroatoms. The molecule has 0 atom stereocenters. The van der Waals surface area contributed by atoms with E-state index in [1.54, 1.807) is 0 Å². The van der Waals surface area contributed by atoms with Crippen molar-refractivity contribution in [2.45, 2.75) is 92.4 Å². The highest BCUT2D eigenvalue weighted by atomic mass is 16.3. The molecule has 0 unspecified atom stereocenters. The largest absolute Gasteiger partial charge is 0.455 e. The van der Waals surface area contributed by atoms with E-state index in [9.17, 15) is 0 Å². The van der Waals surface area contributed by atoms with Crippen molar-refractivity contribution in [3.8, 4) is 22.3 Å². The van der Waals surface area contributed by atoms with E-state index in [1.165, 1.54) is 89.5 Å². The average molecular weight is 1030 g/mol. The maximum absolute atomic E-state index is 6.70. The van der Waals surface area contributed by atoms with Crippen molar-refractivity contribution >= 4 is 96.2 Å². The Morgan fingerprint density at radius 3 is 1.57 bits per heavy atom. The zero-order chi connectivity index (χ0) is 54.7. The van der Waals surface area contributed by atoms with Crippen LogP contribution >= 0.6 is 0 Å². The summed E-state index contributed by atoms with van der Waals surface area (Å²) in [6.45, 7) is 25.6. The van der Waals surface area contributed by atoms with Gasteiger partial charge in [-0.1, -0.05) is 190 Å². The minimum absolute atomic E-state index is 0.0522. The Morgan fingerprint density at radius 1 is 0.380 bits per heavy atom. The summed E-state index contributed by atoms with van der Waals surface area (Å²) < 4.78 is 6.70. The molecule has 13 rings (SSSR count). The van der Waals surface area contributed by atoms with E-state index in [-0.39, 0.29) is 23.0 Å². The van der Waals surface area contributed by atoms with E-state index in [1.807, 2.05) is 0 Å². The second-order valence-electron chi connectivity index (χ2n) is 25.1. The van der Waals surface area contributed by atoms with Crippen LogP contribution in [0.4, 0.5) is 51.2 Å². The SMILES string of the molecule is Cc1cc(-c2cccc3c2oc2ccccc23)cc(C)c1N1c2cc(N(c3ccccc3)c3ccccc3)ccc2B2c3cc(C(C)(C)C)ccc3N(c3ccc(C(C)(C)C)cc3-c3ccccc3)c3cc(C(C)(C)C)cc1c32. The van der Waals surface area contributed by atoms with Crippen molar-refractivity contribution in [2.75, 3.05) is 14.7 Å². The van der Waals surface area contributed by atoms with E-state index >= 15 is 0 Å². The molecule has 2 aliphatic heterocycles. The van der Waals surface area contributed by atoms with Gasteiger partial charge in [0.2, 0.25) is 0 Å². The van der Waals surface area contributed by atoms with Gasteiger partial charge in [0.05, 0.1) is 11.4 Å². The van der Waals surface area contributed by atoms with Gasteiger partial charge in [0.25, 0.3) is 6.71 Å². The monoisotopic (exact) mass is 1030 g/mol. The third-order valence-corrected chi connectivity index (χ3v) is 16.7.